The Morgan fingerprint density at radius 1 is 1.23 bits per heavy atom. The third kappa shape index (κ3) is 3.15. The third-order valence-corrected chi connectivity index (χ3v) is 5.94. The van der Waals surface area contributed by atoms with Crippen LogP contribution in [-0.4, -0.2) is 57.3 Å². The molecule has 5 heterocycles. The highest BCUT2D eigenvalue weighted by molar-refractivity contribution is 5.99. The number of fused-ring (bicyclic) bond motifs is 2. The van der Waals surface area contributed by atoms with E-state index in [4.69, 9.17) is 9.72 Å². The molecule has 2 aliphatic rings. The topological polar surface area (TPSA) is 105 Å². The van der Waals surface area contributed by atoms with Crippen LogP contribution in [0, 0.1) is 0 Å². The number of amides is 1. The van der Waals surface area contributed by atoms with E-state index in [0.717, 1.165) is 25.9 Å². The van der Waals surface area contributed by atoms with Crippen LogP contribution < -0.4 is 15.9 Å². The second kappa shape index (κ2) is 7.56. The number of nitrogens with one attached hydrogen (secondary N) is 2. The first kappa shape index (κ1) is 18.8. The molecule has 1 amide bonds. The van der Waals surface area contributed by atoms with Crippen molar-refractivity contribution in [3.63, 3.8) is 0 Å². The Balaban J connectivity index is 1.62. The van der Waals surface area contributed by atoms with Crippen molar-refractivity contribution in [2.45, 2.75) is 38.3 Å². The summed E-state index contributed by atoms with van der Waals surface area (Å²) in [7, 11) is 0. The number of nitrogens with zero attached hydrogens (tertiary/aromatic N) is 4. The van der Waals surface area contributed by atoms with Crippen molar-refractivity contribution in [3.05, 3.63) is 46.5 Å². The minimum atomic E-state index is -0.315. The molecule has 0 saturated carbocycles. The highest BCUT2D eigenvalue weighted by Gasteiger charge is 2.31. The normalized spacial score (nSPS) is 20.5. The molecular formula is C21H24N6O3. The third-order valence-electron chi connectivity index (χ3n) is 5.94. The molecule has 2 atom stereocenters. The van der Waals surface area contributed by atoms with Gasteiger partial charge in [0.2, 0.25) is 0 Å². The Bertz CT molecular complexity index is 1150. The van der Waals surface area contributed by atoms with Gasteiger partial charge in [-0.15, -0.1) is 0 Å². The molecule has 1 fully saturated rings. The minimum absolute atomic E-state index is 0.0563. The lowest BCUT2D eigenvalue weighted by molar-refractivity contribution is 0.00228. The number of aromatic amines is 1. The molecule has 2 aliphatic heterocycles. The fourth-order valence-electron chi connectivity index (χ4n) is 4.36. The number of carbonyl (C=O) groups is 1. The lowest BCUT2D eigenvalue weighted by atomic mass is 10.0. The van der Waals surface area contributed by atoms with E-state index >= 15 is 0 Å². The summed E-state index contributed by atoms with van der Waals surface area (Å²) < 4.78 is 7.50. The second-order valence-electron chi connectivity index (χ2n) is 7.77. The zero-order chi connectivity index (χ0) is 20.7. The molecule has 5 rings (SSSR count). The number of carbonyl (C=O) groups excluding carboxylic acids is 1. The SMILES string of the molecule is C[C@@H]([C@H]1CCCCO1)N1CCNC(=O)c2ccc(-n3c(=O)[nH]c4ncccc43)nc21. The molecule has 9 heteroatoms. The number of imidazole rings is 1. The van der Waals surface area contributed by atoms with Gasteiger partial charge in [-0.25, -0.2) is 19.3 Å². The standard InChI is InChI=1S/C21H24N6O3/c1-13(16-6-2-3-12-30-16)26-11-10-23-20(28)14-7-8-17(24-19(14)26)27-15-5-4-9-22-18(15)25-21(27)29/h4-5,7-9,13,16H,2-3,6,10-12H2,1H3,(H,23,28)(H,22,25,29)/t13-,16+/m0/s1. The summed E-state index contributed by atoms with van der Waals surface area (Å²) in [5.74, 6) is 0.875. The van der Waals surface area contributed by atoms with Gasteiger partial charge in [-0.05, 0) is 50.5 Å². The molecule has 30 heavy (non-hydrogen) atoms. The summed E-state index contributed by atoms with van der Waals surface area (Å²) in [6.07, 6.45) is 4.93. The minimum Gasteiger partial charge on any atom is -0.376 e. The van der Waals surface area contributed by atoms with Crippen LogP contribution in [0.1, 0.15) is 36.5 Å². The van der Waals surface area contributed by atoms with Crippen molar-refractivity contribution in [1.29, 1.82) is 0 Å². The van der Waals surface area contributed by atoms with E-state index in [-0.39, 0.29) is 23.7 Å². The van der Waals surface area contributed by atoms with Gasteiger partial charge >= 0.3 is 5.69 Å². The summed E-state index contributed by atoms with van der Waals surface area (Å²) in [6.45, 7) is 4.03. The summed E-state index contributed by atoms with van der Waals surface area (Å²) in [6, 6.07) is 7.09. The number of ether oxygens (including phenoxy) is 1. The predicted molar refractivity (Wildman–Crippen MR) is 112 cm³/mol. The fourth-order valence-corrected chi connectivity index (χ4v) is 4.36. The maximum absolute atomic E-state index is 12.6. The average molecular weight is 408 g/mol. The largest absolute Gasteiger partial charge is 0.376 e. The Hall–Kier alpha value is -3.20. The molecule has 0 aliphatic carbocycles. The monoisotopic (exact) mass is 408 g/mol. The van der Waals surface area contributed by atoms with E-state index < -0.39 is 0 Å². The summed E-state index contributed by atoms with van der Waals surface area (Å²) in [5.41, 5.74) is 1.33. The van der Waals surface area contributed by atoms with Gasteiger partial charge < -0.3 is 15.0 Å². The molecule has 1 saturated heterocycles. The first-order valence-corrected chi connectivity index (χ1v) is 10.4. The summed E-state index contributed by atoms with van der Waals surface area (Å²) in [4.78, 5) is 39.1. The quantitative estimate of drug-likeness (QED) is 0.682. The highest BCUT2D eigenvalue weighted by atomic mass is 16.5. The zero-order valence-electron chi connectivity index (χ0n) is 16.8. The van der Waals surface area contributed by atoms with E-state index in [1.54, 1.807) is 24.4 Å². The lowest BCUT2D eigenvalue weighted by Gasteiger charge is -2.37. The van der Waals surface area contributed by atoms with Gasteiger partial charge in [0.15, 0.2) is 5.65 Å². The molecule has 0 unspecified atom stereocenters. The van der Waals surface area contributed by atoms with Crippen molar-refractivity contribution in [1.82, 2.24) is 24.8 Å². The summed E-state index contributed by atoms with van der Waals surface area (Å²) in [5, 5.41) is 2.94. The number of pyridine rings is 2. The maximum atomic E-state index is 12.6. The van der Waals surface area contributed by atoms with Crippen LogP contribution in [-0.2, 0) is 4.74 Å². The van der Waals surface area contributed by atoms with Crippen molar-refractivity contribution in [3.8, 4) is 5.82 Å². The summed E-state index contributed by atoms with van der Waals surface area (Å²) >= 11 is 0. The number of aromatic nitrogens is 4. The van der Waals surface area contributed by atoms with Crippen LogP contribution in [0.4, 0.5) is 5.82 Å². The van der Waals surface area contributed by atoms with E-state index in [0.29, 0.717) is 41.5 Å². The maximum Gasteiger partial charge on any atom is 0.333 e. The van der Waals surface area contributed by atoms with E-state index in [2.05, 4.69) is 27.1 Å². The van der Waals surface area contributed by atoms with Gasteiger partial charge in [0.05, 0.1) is 23.2 Å². The number of hydrogen-bond donors (Lipinski definition) is 2. The van der Waals surface area contributed by atoms with Crippen LogP contribution in [0.15, 0.2) is 35.3 Å². The van der Waals surface area contributed by atoms with Crippen molar-refractivity contribution in [2.24, 2.45) is 0 Å². The molecular weight excluding hydrogens is 384 g/mol. The van der Waals surface area contributed by atoms with E-state index in [1.807, 2.05) is 6.07 Å². The molecule has 0 bridgehead atoms. The van der Waals surface area contributed by atoms with Crippen LogP contribution in [0.25, 0.3) is 17.0 Å². The fraction of sp³-hybridized carbons (Fsp3) is 0.429. The Kier molecular flexibility index (Phi) is 4.74. The van der Waals surface area contributed by atoms with Gasteiger partial charge in [0, 0.05) is 25.9 Å². The number of rotatable bonds is 3. The van der Waals surface area contributed by atoms with Gasteiger partial charge in [0.1, 0.15) is 11.6 Å². The molecule has 2 N–H and O–H groups in total. The van der Waals surface area contributed by atoms with E-state index in [9.17, 15) is 9.59 Å². The molecule has 9 nitrogen and oxygen atoms in total. The van der Waals surface area contributed by atoms with Crippen molar-refractivity contribution < 1.29 is 9.53 Å². The molecule has 3 aromatic rings. The Labute approximate surface area is 173 Å². The van der Waals surface area contributed by atoms with Gasteiger partial charge in [-0.3, -0.25) is 9.78 Å². The second-order valence-corrected chi connectivity index (χ2v) is 7.77. The van der Waals surface area contributed by atoms with E-state index in [1.165, 1.54) is 4.57 Å². The smallest absolute Gasteiger partial charge is 0.333 e. The van der Waals surface area contributed by atoms with Gasteiger partial charge in [-0.2, -0.15) is 0 Å². The van der Waals surface area contributed by atoms with Gasteiger partial charge in [0.25, 0.3) is 5.91 Å². The highest BCUT2D eigenvalue weighted by Crippen LogP contribution is 2.28. The van der Waals surface area contributed by atoms with Crippen LogP contribution >= 0.6 is 0 Å². The molecule has 3 aromatic heterocycles. The van der Waals surface area contributed by atoms with Crippen molar-refractivity contribution in [2.75, 3.05) is 24.6 Å². The zero-order valence-corrected chi connectivity index (χ0v) is 16.8. The Morgan fingerprint density at radius 2 is 2.13 bits per heavy atom. The average Bonchev–Trinajstić information content (AvgIpc) is 3.02. The Morgan fingerprint density at radius 3 is 2.97 bits per heavy atom. The van der Waals surface area contributed by atoms with Crippen molar-refractivity contribution >= 4 is 22.9 Å². The van der Waals surface area contributed by atoms with Crippen LogP contribution in [0.3, 0.4) is 0 Å². The predicted octanol–water partition coefficient (Wildman–Crippen LogP) is 1.62. The van der Waals surface area contributed by atoms with Gasteiger partial charge in [-0.1, -0.05) is 0 Å². The number of anilines is 1. The van der Waals surface area contributed by atoms with Crippen LogP contribution in [0.2, 0.25) is 0 Å². The number of H-pyrrole nitrogens is 1. The van der Waals surface area contributed by atoms with Crippen LogP contribution in [0.5, 0.6) is 0 Å². The lowest BCUT2D eigenvalue weighted by Crippen LogP contribution is -2.46. The molecule has 0 spiro atoms. The first-order valence-electron chi connectivity index (χ1n) is 10.4. The molecule has 0 aromatic carbocycles. The first-order chi connectivity index (χ1) is 14.6. The number of hydrogen-bond acceptors (Lipinski definition) is 6. The molecule has 156 valence electrons. The molecule has 0 radical (unpaired) electrons.